The Balaban J connectivity index is 1.46. The van der Waals surface area contributed by atoms with Crippen molar-refractivity contribution in [2.45, 2.75) is 51.9 Å². The van der Waals surface area contributed by atoms with E-state index in [1.807, 2.05) is 11.8 Å². The van der Waals surface area contributed by atoms with Gasteiger partial charge in [-0.1, -0.05) is 12.1 Å². The lowest BCUT2D eigenvalue weighted by atomic mass is 9.83. The van der Waals surface area contributed by atoms with E-state index in [2.05, 4.69) is 22.4 Å². The van der Waals surface area contributed by atoms with E-state index in [1.54, 1.807) is 0 Å². The molecule has 0 spiro atoms. The maximum absolute atomic E-state index is 12.6. The van der Waals surface area contributed by atoms with Crippen LogP contribution in [0.15, 0.2) is 4.52 Å². The largest absolute Gasteiger partial charge is 0.343 e. The van der Waals surface area contributed by atoms with E-state index in [1.165, 1.54) is 12.8 Å². The molecule has 2 fully saturated rings. The van der Waals surface area contributed by atoms with Crippen molar-refractivity contribution in [3.8, 4) is 0 Å². The third kappa shape index (κ3) is 4.10. The van der Waals surface area contributed by atoms with E-state index in [-0.39, 0.29) is 0 Å². The van der Waals surface area contributed by atoms with Gasteiger partial charge in [-0.05, 0) is 57.5 Å². The first-order chi connectivity index (χ1) is 11.1. The minimum absolute atomic E-state index is 0.307. The Morgan fingerprint density at radius 3 is 2.61 bits per heavy atom. The Morgan fingerprint density at radius 1 is 1.30 bits per heavy atom. The number of aryl methyl sites for hydroxylation is 1. The monoisotopic (exact) mass is 320 g/mol. The van der Waals surface area contributed by atoms with Crippen molar-refractivity contribution in [2.75, 3.05) is 26.2 Å². The lowest BCUT2D eigenvalue weighted by molar-refractivity contribution is -0.133. The molecule has 1 aromatic rings. The summed E-state index contributed by atoms with van der Waals surface area (Å²) in [7, 11) is 0. The maximum Gasteiger partial charge on any atom is 0.229 e. The number of carbonyl (C=O) groups is 1. The molecule has 3 heterocycles. The molecule has 6 nitrogen and oxygen atoms in total. The lowest BCUT2D eigenvalue weighted by Gasteiger charge is -2.33. The third-order valence-corrected chi connectivity index (χ3v) is 5.43. The van der Waals surface area contributed by atoms with Gasteiger partial charge in [0.25, 0.3) is 0 Å². The molecule has 0 radical (unpaired) electrons. The average molecular weight is 320 g/mol. The number of hydrogen-bond acceptors (Lipinski definition) is 5. The molecule has 23 heavy (non-hydrogen) atoms. The number of piperidine rings is 2. The van der Waals surface area contributed by atoms with Gasteiger partial charge in [-0.15, -0.1) is 0 Å². The summed E-state index contributed by atoms with van der Waals surface area (Å²) in [5.41, 5.74) is 0. The molecule has 1 amide bonds. The zero-order valence-corrected chi connectivity index (χ0v) is 14.3. The summed E-state index contributed by atoms with van der Waals surface area (Å²) in [6, 6.07) is 0. The topological polar surface area (TPSA) is 71.3 Å². The first kappa shape index (κ1) is 16.4. The molecule has 6 heteroatoms. The minimum atomic E-state index is 0.307. The fraction of sp³-hybridized carbons (Fsp3) is 0.824. The van der Waals surface area contributed by atoms with Crippen LogP contribution in [-0.4, -0.2) is 47.1 Å². The molecule has 1 atom stereocenters. The predicted molar refractivity (Wildman–Crippen MR) is 87.0 cm³/mol. The van der Waals surface area contributed by atoms with Gasteiger partial charge in [-0.3, -0.25) is 4.79 Å². The highest BCUT2D eigenvalue weighted by Gasteiger charge is 2.29. The molecule has 2 saturated heterocycles. The average Bonchev–Trinajstić information content (AvgIpc) is 3.02. The van der Waals surface area contributed by atoms with Crippen LogP contribution in [0.1, 0.15) is 56.7 Å². The number of likely N-dealkylation sites (tertiary alicyclic amines) is 1. The Morgan fingerprint density at radius 2 is 2.00 bits per heavy atom. The van der Waals surface area contributed by atoms with Crippen LogP contribution in [0.3, 0.4) is 0 Å². The van der Waals surface area contributed by atoms with Crippen LogP contribution in [0, 0.1) is 18.8 Å². The number of nitrogens with one attached hydrogen (secondary N) is 1. The van der Waals surface area contributed by atoms with Crippen LogP contribution in [0.5, 0.6) is 0 Å². The number of rotatable bonds is 4. The van der Waals surface area contributed by atoms with Crippen molar-refractivity contribution in [3.63, 3.8) is 0 Å². The first-order valence-corrected chi connectivity index (χ1v) is 8.92. The van der Waals surface area contributed by atoms with E-state index in [0.717, 1.165) is 44.9 Å². The number of aromatic nitrogens is 2. The molecule has 0 saturated carbocycles. The summed E-state index contributed by atoms with van der Waals surface area (Å²) in [5.74, 6) is 3.23. The minimum Gasteiger partial charge on any atom is -0.343 e. The van der Waals surface area contributed by atoms with E-state index < -0.39 is 0 Å². The fourth-order valence-electron chi connectivity index (χ4n) is 3.84. The van der Waals surface area contributed by atoms with Gasteiger partial charge >= 0.3 is 0 Å². The third-order valence-electron chi connectivity index (χ3n) is 5.43. The molecule has 3 rings (SSSR count). The van der Waals surface area contributed by atoms with Gasteiger partial charge in [0.2, 0.25) is 11.8 Å². The highest BCUT2D eigenvalue weighted by atomic mass is 16.5. The van der Waals surface area contributed by atoms with Crippen molar-refractivity contribution in [1.29, 1.82) is 0 Å². The van der Waals surface area contributed by atoms with Gasteiger partial charge in [0, 0.05) is 25.4 Å². The number of carbonyl (C=O) groups excluding carboxylic acids is 1. The van der Waals surface area contributed by atoms with E-state index in [9.17, 15) is 4.79 Å². The Bertz CT molecular complexity index is 516. The van der Waals surface area contributed by atoms with Crippen molar-refractivity contribution in [3.05, 3.63) is 11.7 Å². The Labute approximate surface area is 138 Å². The summed E-state index contributed by atoms with van der Waals surface area (Å²) < 4.78 is 5.27. The zero-order valence-electron chi connectivity index (χ0n) is 14.3. The normalized spacial score (nSPS) is 22.3. The van der Waals surface area contributed by atoms with Gasteiger partial charge in [0.05, 0.1) is 0 Å². The van der Waals surface area contributed by atoms with Crippen molar-refractivity contribution < 1.29 is 9.32 Å². The van der Waals surface area contributed by atoms with Crippen molar-refractivity contribution in [1.82, 2.24) is 20.4 Å². The zero-order chi connectivity index (χ0) is 16.2. The van der Waals surface area contributed by atoms with Crippen LogP contribution in [0.25, 0.3) is 0 Å². The van der Waals surface area contributed by atoms with Gasteiger partial charge in [0.15, 0.2) is 5.82 Å². The van der Waals surface area contributed by atoms with Crippen LogP contribution in [0.4, 0.5) is 0 Å². The molecule has 2 aliphatic heterocycles. The maximum atomic E-state index is 12.6. The first-order valence-electron chi connectivity index (χ1n) is 8.92. The second-order valence-electron chi connectivity index (χ2n) is 7.10. The van der Waals surface area contributed by atoms with Crippen LogP contribution < -0.4 is 5.32 Å². The number of nitrogens with zero attached hydrogens (tertiary/aromatic N) is 3. The molecular weight excluding hydrogens is 292 g/mol. The SMILES string of the molecule is Cc1noc(C2CCN(C(=O)CC(C)C3CCNCC3)CC2)n1. The molecule has 1 N–H and O–H groups in total. The second-order valence-corrected chi connectivity index (χ2v) is 7.10. The summed E-state index contributed by atoms with van der Waals surface area (Å²) in [5, 5.41) is 7.26. The highest BCUT2D eigenvalue weighted by Crippen LogP contribution is 2.29. The van der Waals surface area contributed by atoms with Gasteiger partial charge in [0.1, 0.15) is 0 Å². The predicted octanol–water partition coefficient (Wildman–Crippen LogP) is 2.11. The second kappa shape index (κ2) is 7.43. The Hall–Kier alpha value is -1.43. The quantitative estimate of drug-likeness (QED) is 0.920. The molecule has 0 aromatic carbocycles. The fourth-order valence-corrected chi connectivity index (χ4v) is 3.84. The highest BCUT2D eigenvalue weighted by molar-refractivity contribution is 5.76. The molecule has 2 aliphatic rings. The van der Waals surface area contributed by atoms with Crippen molar-refractivity contribution >= 4 is 5.91 Å². The molecule has 0 bridgehead atoms. The Kier molecular flexibility index (Phi) is 5.30. The van der Waals surface area contributed by atoms with Gasteiger partial charge in [-0.2, -0.15) is 4.98 Å². The van der Waals surface area contributed by atoms with E-state index in [0.29, 0.717) is 35.9 Å². The summed E-state index contributed by atoms with van der Waals surface area (Å²) >= 11 is 0. The molecule has 1 aromatic heterocycles. The molecular formula is C17H28N4O2. The van der Waals surface area contributed by atoms with Crippen LogP contribution >= 0.6 is 0 Å². The van der Waals surface area contributed by atoms with Crippen molar-refractivity contribution in [2.24, 2.45) is 11.8 Å². The smallest absolute Gasteiger partial charge is 0.229 e. The molecule has 1 unspecified atom stereocenters. The summed E-state index contributed by atoms with van der Waals surface area (Å²) in [6.07, 6.45) is 4.94. The van der Waals surface area contributed by atoms with E-state index in [4.69, 9.17) is 4.52 Å². The standard InChI is InChI=1S/C17H28N4O2/c1-12(14-3-7-18-8-4-14)11-16(22)21-9-5-15(6-10-21)17-19-13(2)20-23-17/h12,14-15,18H,3-11H2,1-2H3. The van der Waals surface area contributed by atoms with Gasteiger partial charge < -0.3 is 14.7 Å². The summed E-state index contributed by atoms with van der Waals surface area (Å²) in [6.45, 7) is 7.89. The summed E-state index contributed by atoms with van der Waals surface area (Å²) in [4.78, 5) is 18.9. The number of amides is 1. The molecule has 0 aliphatic carbocycles. The van der Waals surface area contributed by atoms with Gasteiger partial charge in [-0.25, -0.2) is 0 Å². The van der Waals surface area contributed by atoms with E-state index >= 15 is 0 Å². The lowest BCUT2D eigenvalue weighted by Crippen LogP contribution is -2.40. The molecule has 128 valence electrons. The number of hydrogen-bond donors (Lipinski definition) is 1. The van der Waals surface area contributed by atoms with Crippen LogP contribution in [-0.2, 0) is 4.79 Å². The van der Waals surface area contributed by atoms with Crippen LogP contribution in [0.2, 0.25) is 0 Å².